The molecule has 1 amide bonds. The van der Waals surface area contributed by atoms with Crippen molar-refractivity contribution in [2.75, 3.05) is 46.9 Å². The monoisotopic (exact) mass is 537 g/mol. The number of carbonyl (C=O) groups excluding carboxylic acids is 1. The largest absolute Gasteiger partial charge is 0.434 e. The van der Waals surface area contributed by atoms with E-state index < -0.39 is 11.9 Å². The summed E-state index contributed by atoms with van der Waals surface area (Å²) < 4.78 is 43.0. The summed E-state index contributed by atoms with van der Waals surface area (Å²) in [6, 6.07) is 0. The van der Waals surface area contributed by atoms with E-state index in [1.54, 1.807) is 14.1 Å². The second-order valence-corrected chi connectivity index (χ2v) is 6.67. The highest BCUT2D eigenvalue weighted by Crippen LogP contribution is 2.29. The van der Waals surface area contributed by atoms with Crippen molar-refractivity contribution in [3.8, 4) is 0 Å². The molecule has 1 aromatic rings. The fraction of sp³-hybridized carbons (Fsp3) is 0.688. The first-order valence-electron chi connectivity index (χ1n) is 8.55. The Kier molecular flexibility index (Phi) is 13.4. The Bertz CT molecular complexity index is 611. The molecular weight excluding hydrogens is 510 g/mol. The molecule has 12 heteroatoms. The van der Waals surface area contributed by atoms with Crippen LogP contribution in [0.3, 0.4) is 0 Å². The molecule has 1 rings (SSSR count). The number of rotatable bonds is 10. The van der Waals surface area contributed by atoms with Crippen LogP contribution in [0.2, 0.25) is 0 Å². The molecular formula is C16H27F3IN5O2S. The van der Waals surface area contributed by atoms with E-state index in [1.807, 2.05) is 6.92 Å². The van der Waals surface area contributed by atoms with Gasteiger partial charge in [-0.2, -0.15) is 13.2 Å². The molecule has 7 nitrogen and oxygen atoms in total. The Morgan fingerprint density at radius 3 is 2.57 bits per heavy atom. The van der Waals surface area contributed by atoms with Gasteiger partial charge in [0, 0.05) is 52.2 Å². The number of carbonyl (C=O) groups is 1. The Morgan fingerprint density at radius 2 is 2.00 bits per heavy atom. The van der Waals surface area contributed by atoms with Crippen LogP contribution in [0.4, 0.5) is 13.2 Å². The second kappa shape index (κ2) is 13.9. The third-order valence-corrected chi connectivity index (χ3v) is 4.22. The van der Waals surface area contributed by atoms with E-state index >= 15 is 0 Å². The molecule has 1 heterocycles. The van der Waals surface area contributed by atoms with Gasteiger partial charge < -0.3 is 20.3 Å². The smallest absolute Gasteiger partial charge is 0.382 e. The van der Waals surface area contributed by atoms with Gasteiger partial charge in [0.05, 0.1) is 5.01 Å². The maximum absolute atomic E-state index is 12.6. The van der Waals surface area contributed by atoms with Gasteiger partial charge in [-0.1, -0.05) is 0 Å². The fourth-order valence-electron chi connectivity index (χ4n) is 1.83. The number of alkyl halides is 3. The van der Waals surface area contributed by atoms with Crippen molar-refractivity contribution < 1.29 is 22.7 Å². The SMILES string of the molecule is CCOCCCNC(=NCC(=O)N(C)C)NCCc1nc(C(F)(F)F)cs1.I. The minimum atomic E-state index is -4.43. The summed E-state index contributed by atoms with van der Waals surface area (Å²) in [5.74, 6) is 0.273. The lowest BCUT2D eigenvalue weighted by Crippen LogP contribution is -2.40. The predicted octanol–water partition coefficient (Wildman–Crippen LogP) is 2.37. The van der Waals surface area contributed by atoms with Gasteiger partial charge in [0.15, 0.2) is 11.7 Å². The molecule has 0 radical (unpaired) electrons. The number of ether oxygens (including phenoxy) is 1. The lowest BCUT2D eigenvalue weighted by molar-refractivity contribution is -0.140. The van der Waals surface area contributed by atoms with Gasteiger partial charge >= 0.3 is 6.18 Å². The second-order valence-electron chi connectivity index (χ2n) is 5.73. The first kappa shape index (κ1) is 26.9. The summed E-state index contributed by atoms with van der Waals surface area (Å²) in [6.07, 6.45) is -3.34. The maximum atomic E-state index is 12.6. The third-order valence-electron chi connectivity index (χ3n) is 3.31. The molecule has 162 valence electrons. The summed E-state index contributed by atoms with van der Waals surface area (Å²) in [7, 11) is 3.28. The number of hydrogen-bond donors (Lipinski definition) is 2. The van der Waals surface area contributed by atoms with E-state index in [2.05, 4.69) is 20.6 Å². The number of thiazole rings is 1. The molecule has 0 fully saturated rings. The van der Waals surface area contributed by atoms with Crippen molar-refractivity contribution in [3.05, 3.63) is 16.1 Å². The van der Waals surface area contributed by atoms with Gasteiger partial charge in [-0.3, -0.25) is 4.79 Å². The summed E-state index contributed by atoms with van der Waals surface area (Å²) in [5.41, 5.74) is -0.873. The Hall–Kier alpha value is -1.15. The van der Waals surface area contributed by atoms with Crippen LogP contribution in [0.25, 0.3) is 0 Å². The number of amides is 1. The summed E-state index contributed by atoms with van der Waals surface area (Å²) in [6.45, 7) is 4.08. The van der Waals surface area contributed by atoms with Crippen molar-refractivity contribution >= 4 is 47.2 Å². The zero-order valence-electron chi connectivity index (χ0n) is 16.1. The van der Waals surface area contributed by atoms with Gasteiger partial charge in [-0.25, -0.2) is 9.98 Å². The first-order chi connectivity index (χ1) is 12.7. The van der Waals surface area contributed by atoms with E-state index in [-0.39, 0.29) is 36.4 Å². The average molecular weight is 537 g/mol. The number of nitrogens with zero attached hydrogens (tertiary/aromatic N) is 3. The van der Waals surface area contributed by atoms with Crippen LogP contribution in [-0.4, -0.2) is 68.7 Å². The summed E-state index contributed by atoms with van der Waals surface area (Å²) in [5, 5.41) is 7.48. The van der Waals surface area contributed by atoms with Crippen molar-refractivity contribution in [1.29, 1.82) is 0 Å². The predicted molar refractivity (Wildman–Crippen MR) is 114 cm³/mol. The number of halogens is 4. The molecule has 0 bridgehead atoms. The highest BCUT2D eigenvalue weighted by molar-refractivity contribution is 14.0. The first-order valence-corrected chi connectivity index (χ1v) is 9.43. The third kappa shape index (κ3) is 11.0. The van der Waals surface area contributed by atoms with E-state index in [0.717, 1.165) is 23.1 Å². The van der Waals surface area contributed by atoms with Gasteiger partial charge in [0.2, 0.25) is 5.91 Å². The lowest BCUT2D eigenvalue weighted by atomic mass is 10.4. The molecule has 28 heavy (non-hydrogen) atoms. The quantitative estimate of drug-likeness (QED) is 0.208. The normalized spacial score (nSPS) is 11.7. The molecule has 0 aliphatic heterocycles. The molecule has 0 atom stereocenters. The van der Waals surface area contributed by atoms with Crippen molar-refractivity contribution in [2.24, 2.45) is 4.99 Å². The van der Waals surface area contributed by atoms with Gasteiger partial charge in [-0.05, 0) is 13.3 Å². The number of nitrogens with one attached hydrogen (secondary N) is 2. The lowest BCUT2D eigenvalue weighted by Gasteiger charge is -2.13. The molecule has 0 unspecified atom stereocenters. The zero-order chi connectivity index (χ0) is 20.3. The van der Waals surface area contributed by atoms with Crippen LogP contribution in [0.1, 0.15) is 24.0 Å². The van der Waals surface area contributed by atoms with Crippen molar-refractivity contribution in [2.45, 2.75) is 25.9 Å². The number of aromatic nitrogens is 1. The standard InChI is InChI=1S/C16H26F3N5O2S.HI/c1-4-26-9-5-7-20-15(22-10-14(25)24(2)3)21-8-6-13-23-12(11-27-13)16(17,18)19;/h11H,4-10H2,1-3H3,(H2,20,21,22);1H. The van der Waals surface area contributed by atoms with Crippen LogP contribution in [0.5, 0.6) is 0 Å². The average Bonchev–Trinajstić information content (AvgIpc) is 3.07. The Morgan fingerprint density at radius 1 is 1.32 bits per heavy atom. The topological polar surface area (TPSA) is 78.8 Å². The number of likely N-dealkylation sites (N-methyl/N-ethyl adjacent to an activating group) is 1. The van der Waals surface area contributed by atoms with E-state index in [9.17, 15) is 18.0 Å². The molecule has 2 N–H and O–H groups in total. The van der Waals surface area contributed by atoms with Crippen LogP contribution in [0.15, 0.2) is 10.4 Å². The maximum Gasteiger partial charge on any atom is 0.434 e. The van der Waals surface area contributed by atoms with Crippen molar-refractivity contribution in [3.63, 3.8) is 0 Å². The van der Waals surface area contributed by atoms with Crippen LogP contribution in [-0.2, 0) is 22.1 Å². The minimum absolute atomic E-state index is 0. The summed E-state index contributed by atoms with van der Waals surface area (Å²) in [4.78, 5) is 20.9. The van der Waals surface area contributed by atoms with Gasteiger partial charge in [0.1, 0.15) is 6.54 Å². The highest BCUT2D eigenvalue weighted by atomic mass is 127. The van der Waals surface area contributed by atoms with Gasteiger partial charge in [0.25, 0.3) is 0 Å². The number of aliphatic imine (C=N–C) groups is 1. The molecule has 0 aromatic carbocycles. The molecule has 0 aliphatic carbocycles. The van der Waals surface area contributed by atoms with Crippen molar-refractivity contribution in [1.82, 2.24) is 20.5 Å². The number of hydrogen-bond acceptors (Lipinski definition) is 5. The number of guanidine groups is 1. The van der Waals surface area contributed by atoms with Crippen LogP contribution >= 0.6 is 35.3 Å². The molecule has 0 spiro atoms. The molecule has 0 saturated heterocycles. The van der Waals surface area contributed by atoms with Crippen LogP contribution in [0, 0.1) is 0 Å². The highest BCUT2D eigenvalue weighted by Gasteiger charge is 2.33. The van der Waals surface area contributed by atoms with E-state index in [4.69, 9.17) is 4.74 Å². The van der Waals surface area contributed by atoms with Crippen LogP contribution < -0.4 is 10.6 Å². The zero-order valence-corrected chi connectivity index (χ0v) is 19.3. The Balaban J connectivity index is 0.00000729. The molecule has 1 aromatic heterocycles. The molecule has 0 saturated carbocycles. The minimum Gasteiger partial charge on any atom is -0.382 e. The Labute approximate surface area is 184 Å². The van der Waals surface area contributed by atoms with E-state index in [0.29, 0.717) is 43.7 Å². The van der Waals surface area contributed by atoms with Gasteiger partial charge in [-0.15, -0.1) is 35.3 Å². The summed E-state index contributed by atoms with van der Waals surface area (Å²) >= 11 is 0.968. The fourth-order valence-corrected chi connectivity index (χ4v) is 2.64. The van der Waals surface area contributed by atoms with E-state index in [1.165, 1.54) is 4.90 Å². The molecule has 0 aliphatic rings.